The van der Waals surface area contributed by atoms with Crippen molar-refractivity contribution in [3.05, 3.63) is 176 Å². The molecular formula is C42H29NS. The topological polar surface area (TPSA) is 3.24 Å². The summed E-state index contributed by atoms with van der Waals surface area (Å²) in [5, 5.41) is 2.40. The van der Waals surface area contributed by atoms with Gasteiger partial charge in [0.25, 0.3) is 0 Å². The standard InChI is InChI=1S/C42H29NS/c1-4-12-30(13-5-1)34-26-35(31-14-6-2-7-15-31)28-38(27-34)43(36-16-8-3-9-17-36)37-23-20-32(21-24-37)33-22-25-42-40(29-33)39-18-10-11-19-41(39)44-42/h1-29H/i1D,2D,4D,5D,6D,7D,12D,13D,14D,15D. The molecule has 0 unspecified atom stereocenters. The number of fused-ring (bicyclic) bond motifs is 3. The molecule has 8 aromatic rings. The molecule has 0 aliphatic heterocycles. The number of hydrogen-bond acceptors (Lipinski definition) is 2. The summed E-state index contributed by atoms with van der Waals surface area (Å²) >= 11 is 1.76. The van der Waals surface area contributed by atoms with E-state index >= 15 is 0 Å². The summed E-state index contributed by atoms with van der Waals surface area (Å²) < 4.78 is 87.4. The van der Waals surface area contributed by atoms with Crippen molar-refractivity contribution < 1.29 is 13.7 Å². The molecule has 0 saturated heterocycles. The Bertz CT molecular complexity index is 2640. The average Bonchev–Trinajstić information content (AvgIpc) is 3.57. The van der Waals surface area contributed by atoms with E-state index in [4.69, 9.17) is 13.7 Å². The quantitative estimate of drug-likeness (QED) is 0.186. The minimum Gasteiger partial charge on any atom is -0.310 e. The van der Waals surface area contributed by atoms with E-state index in [2.05, 4.69) is 30.3 Å². The van der Waals surface area contributed by atoms with Gasteiger partial charge < -0.3 is 4.90 Å². The van der Waals surface area contributed by atoms with Crippen molar-refractivity contribution in [1.82, 2.24) is 0 Å². The van der Waals surface area contributed by atoms with Crippen LogP contribution in [0.3, 0.4) is 0 Å². The van der Waals surface area contributed by atoms with Crippen molar-refractivity contribution in [3.8, 4) is 33.4 Å². The molecule has 0 aliphatic rings. The fraction of sp³-hybridized carbons (Fsp3) is 0. The van der Waals surface area contributed by atoms with Crippen molar-refractivity contribution in [3.63, 3.8) is 0 Å². The minimum atomic E-state index is -0.534. The van der Waals surface area contributed by atoms with Gasteiger partial charge in [-0.1, -0.05) is 115 Å². The third-order valence-corrected chi connectivity index (χ3v) is 8.76. The summed E-state index contributed by atoms with van der Waals surface area (Å²) in [6.07, 6.45) is 0. The Morgan fingerprint density at radius 1 is 0.386 bits per heavy atom. The first-order valence-corrected chi connectivity index (χ1v) is 14.9. The van der Waals surface area contributed by atoms with Crippen LogP contribution >= 0.6 is 11.3 Å². The third kappa shape index (κ3) is 4.96. The molecule has 0 aliphatic carbocycles. The summed E-state index contributed by atoms with van der Waals surface area (Å²) in [5.41, 5.74) is 4.30. The largest absolute Gasteiger partial charge is 0.310 e. The molecule has 44 heavy (non-hydrogen) atoms. The first-order valence-electron chi connectivity index (χ1n) is 19.1. The SMILES string of the molecule is [2H]c1c([2H])c([2H])c(-c2cc(-c3c([2H])c([2H])c([2H])c([2H])c3[2H])cc(N(c3ccccc3)c3ccc(-c4ccc5sc6ccccc6c5c4)cc3)c2)c([2H])c1[2H]. The molecule has 0 N–H and O–H groups in total. The second-order valence-electron chi connectivity index (χ2n) is 10.3. The average molecular weight is 590 g/mol. The van der Waals surface area contributed by atoms with Crippen molar-refractivity contribution in [2.24, 2.45) is 0 Å². The lowest BCUT2D eigenvalue weighted by Gasteiger charge is -2.27. The number of benzene rings is 7. The number of rotatable bonds is 6. The van der Waals surface area contributed by atoms with Gasteiger partial charge in [0.05, 0.1) is 13.7 Å². The fourth-order valence-electron chi connectivity index (χ4n) is 5.55. The predicted octanol–water partition coefficient (Wildman–Crippen LogP) is 12.5. The number of nitrogens with zero attached hydrogens (tertiary/aromatic N) is 1. The number of anilines is 3. The van der Waals surface area contributed by atoms with Crippen LogP contribution in [0.25, 0.3) is 53.6 Å². The third-order valence-electron chi connectivity index (χ3n) is 7.60. The highest BCUT2D eigenvalue weighted by Gasteiger charge is 2.16. The normalized spacial score (nSPS) is 14.4. The van der Waals surface area contributed by atoms with Crippen LogP contribution in [0.4, 0.5) is 17.1 Å². The van der Waals surface area contributed by atoms with E-state index < -0.39 is 60.4 Å². The number of para-hydroxylation sites is 1. The molecule has 208 valence electrons. The Morgan fingerprint density at radius 2 is 0.955 bits per heavy atom. The zero-order valence-corrected chi connectivity index (χ0v) is 24.1. The van der Waals surface area contributed by atoms with E-state index in [-0.39, 0.29) is 22.3 Å². The van der Waals surface area contributed by atoms with Gasteiger partial charge in [0, 0.05) is 37.2 Å². The van der Waals surface area contributed by atoms with Crippen LogP contribution in [0.1, 0.15) is 13.7 Å². The zero-order valence-electron chi connectivity index (χ0n) is 33.3. The van der Waals surface area contributed by atoms with E-state index in [0.717, 1.165) is 22.5 Å². The highest BCUT2D eigenvalue weighted by atomic mass is 32.1. The van der Waals surface area contributed by atoms with E-state index in [0.29, 0.717) is 5.69 Å². The number of hydrogen-bond donors (Lipinski definition) is 0. The highest BCUT2D eigenvalue weighted by Crippen LogP contribution is 2.41. The van der Waals surface area contributed by atoms with Gasteiger partial charge in [-0.3, -0.25) is 0 Å². The molecule has 1 heterocycles. The molecule has 7 aromatic carbocycles. The fourth-order valence-corrected chi connectivity index (χ4v) is 6.64. The Hall–Kier alpha value is -5.44. The maximum Gasteiger partial charge on any atom is 0.0629 e. The molecular weight excluding hydrogens is 551 g/mol. The van der Waals surface area contributed by atoms with Gasteiger partial charge in [-0.05, 0) is 94.0 Å². The summed E-state index contributed by atoms with van der Waals surface area (Å²) in [7, 11) is 0. The van der Waals surface area contributed by atoms with Crippen molar-refractivity contribution in [2.45, 2.75) is 0 Å². The Labute approximate surface area is 276 Å². The first-order chi connectivity index (χ1) is 25.9. The Kier molecular flexibility index (Phi) is 4.54. The molecule has 0 saturated carbocycles. The smallest absolute Gasteiger partial charge is 0.0629 e. The summed E-state index contributed by atoms with van der Waals surface area (Å²) in [5.74, 6) is 0. The summed E-state index contributed by atoms with van der Waals surface area (Å²) in [4.78, 5) is 1.93. The molecule has 0 radical (unpaired) electrons. The Morgan fingerprint density at radius 3 is 1.64 bits per heavy atom. The van der Waals surface area contributed by atoms with E-state index in [1.165, 1.54) is 26.2 Å². The second-order valence-corrected chi connectivity index (χ2v) is 11.4. The predicted molar refractivity (Wildman–Crippen MR) is 190 cm³/mol. The van der Waals surface area contributed by atoms with E-state index in [9.17, 15) is 0 Å². The minimum absolute atomic E-state index is 0.0730. The van der Waals surface area contributed by atoms with Crippen LogP contribution in [0.15, 0.2) is 176 Å². The lowest BCUT2D eigenvalue weighted by atomic mass is 9.97. The Balaban J connectivity index is 1.34. The van der Waals surface area contributed by atoms with Crippen molar-refractivity contribution in [1.29, 1.82) is 0 Å². The van der Waals surface area contributed by atoms with Gasteiger partial charge in [-0.2, -0.15) is 0 Å². The molecule has 1 nitrogen and oxygen atoms in total. The maximum atomic E-state index is 8.78. The van der Waals surface area contributed by atoms with Gasteiger partial charge in [0.2, 0.25) is 0 Å². The lowest BCUT2D eigenvalue weighted by molar-refractivity contribution is 1.28. The molecule has 0 amide bonds. The molecule has 0 atom stereocenters. The molecule has 0 spiro atoms. The molecule has 1 aromatic heterocycles. The van der Waals surface area contributed by atoms with Crippen molar-refractivity contribution in [2.75, 3.05) is 4.90 Å². The van der Waals surface area contributed by atoms with E-state index in [1.54, 1.807) is 23.5 Å². The van der Waals surface area contributed by atoms with Crippen LogP contribution < -0.4 is 4.90 Å². The molecule has 0 fully saturated rings. The van der Waals surface area contributed by atoms with Gasteiger partial charge in [0.1, 0.15) is 0 Å². The van der Waals surface area contributed by atoms with E-state index in [1.807, 2.05) is 71.6 Å². The lowest BCUT2D eigenvalue weighted by Crippen LogP contribution is -2.10. The van der Waals surface area contributed by atoms with Crippen LogP contribution in [0.2, 0.25) is 0 Å². The summed E-state index contributed by atoms with van der Waals surface area (Å²) in [6.45, 7) is 0. The molecule has 0 bridgehead atoms. The number of thiophene rings is 1. The second kappa shape index (κ2) is 11.3. The van der Waals surface area contributed by atoms with Gasteiger partial charge in [-0.15, -0.1) is 11.3 Å². The van der Waals surface area contributed by atoms with Crippen LogP contribution in [-0.4, -0.2) is 0 Å². The first kappa shape index (κ1) is 17.6. The van der Waals surface area contributed by atoms with Crippen LogP contribution in [-0.2, 0) is 0 Å². The maximum absolute atomic E-state index is 8.78. The molecule has 8 rings (SSSR count). The highest BCUT2D eigenvalue weighted by molar-refractivity contribution is 7.25. The monoisotopic (exact) mass is 589 g/mol. The summed E-state index contributed by atoms with van der Waals surface area (Å²) in [6, 6.07) is 32.4. The molecule has 2 heteroatoms. The van der Waals surface area contributed by atoms with Crippen molar-refractivity contribution >= 4 is 48.6 Å². The van der Waals surface area contributed by atoms with Crippen LogP contribution in [0, 0.1) is 0 Å². The zero-order chi connectivity index (χ0) is 38.0. The van der Waals surface area contributed by atoms with Crippen LogP contribution in [0.5, 0.6) is 0 Å². The van der Waals surface area contributed by atoms with Gasteiger partial charge in [-0.25, -0.2) is 0 Å². The van der Waals surface area contributed by atoms with Gasteiger partial charge >= 0.3 is 0 Å². The van der Waals surface area contributed by atoms with Gasteiger partial charge in [0.15, 0.2) is 0 Å².